The molecule has 6 nitrogen and oxygen atoms in total. The molecule has 3 N–H and O–H groups in total. The number of hydrogen-bond acceptors (Lipinski definition) is 4. The third kappa shape index (κ3) is 5.38. The lowest BCUT2D eigenvalue weighted by Gasteiger charge is -2.30. The van der Waals surface area contributed by atoms with Gasteiger partial charge in [0.15, 0.2) is 0 Å². The summed E-state index contributed by atoms with van der Waals surface area (Å²) in [7, 11) is 4.13. The number of anilines is 3. The number of rotatable bonds is 6. The van der Waals surface area contributed by atoms with Crippen molar-refractivity contribution in [3.05, 3.63) is 59.7 Å². The summed E-state index contributed by atoms with van der Waals surface area (Å²) in [6, 6.07) is 17.0. The number of para-hydroxylation sites is 2. The van der Waals surface area contributed by atoms with E-state index < -0.39 is 0 Å². The Morgan fingerprint density at radius 2 is 1.76 bits per heavy atom. The van der Waals surface area contributed by atoms with Crippen molar-refractivity contribution >= 4 is 34.1 Å². The first-order valence-corrected chi connectivity index (χ1v) is 11.9. The van der Waals surface area contributed by atoms with Gasteiger partial charge in [0.05, 0.1) is 5.52 Å². The molecule has 1 aliphatic rings. The van der Waals surface area contributed by atoms with E-state index in [9.17, 15) is 4.79 Å². The van der Waals surface area contributed by atoms with Crippen LogP contribution in [-0.4, -0.2) is 37.2 Å². The molecule has 1 heterocycles. The number of amides is 2. The van der Waals surface area contributed by atoms with Crippen molar-refractivity contribution in [3.63, 3.8) is 0 Å². The Hall–Kier alpha value is -3.28. The number of pyridine rings is 1. The van der Waals surface area contributed by atoms with Crippen molar-refractivity contribution < 1.29 is 4.79 Å². The molecule has 2 amide bonds. The molecule has 0 spiro atoms. The predicted molar refractivity (Wildman–Crippen MR) is 138 cm³/mol. The molecule has 6 heteroatoms. The monoisotopic (exact) mass is 445 g/mol. The topological polar surface area (TPSA) is 69.3 Å². The van der Waals surface area contributed by atoms with Gasteiger partial charge in [-0.1, -0.05) is 43.3 Å². The molecule has 1 aromatic heterocycles. The number of carbonyl (C=O) groups is 1. The van der Waals surface area contributed by atoms with Crippen molar-refractivity contribution in [1.82, 2.24) is 10.3 Å². The lowest BCUT2D eigenvalue weighted by atomic mass is 9.91. The largest absolute Gasteiger partial charge is 0.377 e. The van der Waals surface area contributed by atoms with Crippen molar-refractivity contribution in [2.24, 2.45) is 0 Å². The van der Waals surface area contributed by atoms with Gasteiger partial charge in [-0.05, 0) is 56.2 Å². The van der Waals surface area contributed by atoms with E-state index in [4.69, 9.17) is 4.98 Å². The number of nitrogens with zero attached hydrogens (tertiary/aromatic N) is 2. The molecule has 0 radical (unpaired) electrons. The number of aryl methyl sites for hydroxylation is 2. The Balaban J connectivity index is 1.34. The fourth-order valence-corrected chi connectivity index (χ4v) is 4.73. The number of carbonyl (C=O) groups excluding carboxylic acids is 1. The molecule has 0 aliphatic heterocycles. The number of aromatic nitrogens is 1. The van der Waals surface area contributed by atoms with Crippen LogP contribution in [0.4, 0.5) is 22.0 Å². The van der Waals surface area contributed by atoms with Gasteiger partial charge in [0.2, 0.25) is 0 Å². The Bertz CT molecular complexity index is 1120. The van der Waals surface area contributed by atoms with Gasteiger partial charge >= 0.3 is 6.03 Å². The maximum Gasteiger partial charge on any atom is 0.319 e. The van der Waals surface area contributed by atoms with Gasteiger partial charge in [-0.25, -0.2) is 9.78 Å². The minimum absolute atomic E-state index is 0.109. The second-order valence-electron chi connectivity index (χ2n) is 9.19. The Kier molecular flexibility index (Phi) is 7.02. The van der Waals surface area contributed by atoms with E-state index in [-0.39, 0.29) is 12.1 Å². The van der Waals surface area contributed by atoms with Gasteiger partial charge in [-0.2, -0.15) is 0 Å². The first-order chi connectivity index (χ1) is 15.9. The second-order valence-corrected chi connectivity index (χ2v) is 9.19. The Labute approximate surface area is 196 Å². The van der Waals surface area contributed by atoms with Gasteiger partial charge in [-0.15, -0.1) is 0 Å². The molecule has 0 bridgehead atoms. The van der Waals surface area contributed by atoms with E-state index in [1.165, 1.54) is 0 Å². The van der Waals surface area contributed by atoms with Crippen LogP contribution in [-0.2, 0) is 6.42 Å². The van der Waals surface area contributed by atoms with E-state index >= 15 is 0 Å². The summed E-state index contributed by atoms with van der Waals surface area (Å²) in [4.78, 5) is 19.6. The fraction of sp³-hybridized carbons (Fsp3) is 0.407. The second kappa shape index (κ2) is 10.1. The zero-order chi connectivity index (χ0) is 23.4. The Morgan fingerprint density at radius 1 is 1.03 bits per heavy atom. The summed E-state index contributed by atoms with van der Waals surface area (Å²) >= 11 is 0. The van der Waals surface area contributed by atoms with Crippen molar-refractivity contribution in [2.45, 2.75) is 58.0 Å². The highest BCUT2D eigenvalue weighted by Gasteiger charge is 2.23. The fourth-order valence-electron chi connectivity index (χ4n) is 4.73. The summed E-state index contributed by atoms with van der Waals surface area (Å²) in [6.45, 7) is 4.15. The van der Waals surface area contributed by atoms with Crippen molar-refractivity contribution in [2.75, 3.05) is 29.6 Å². The van der Waals surface area contributed by atoms with Gasteiger partial charge in [0.25, 0.3) is 0 Å². The van der Waals surface area contributed by atoms with Gasteiger partial charge in [0.1, 0.15) is 5.82 Å². The van der Waals surface area contributed by atoms with Crippen LogP contribution in [0.2, 0.25) is 0 Å². The first kappa shape index (κ1) is 22.9. The highest BCUT2D eigenvalue weighted by Crippen LogP contribution is 2.29. The number of urea groups is 1. The smallest absolute Gasteiger partial charge is 0.319 e. The molecule has 0 unspecified atom stereocenters. The number of benzene rings is 2. The zero-order valence-electron chi connectivity index (χ0n) is 20.1. The van der Waals surface area contributed by atoms with Gasteiger partial charge in [0, 0.05) is 49.0 Å². The summed E-state index contributed by atoms with van der Waals surface area (Å²) in [6.07, 6.45) is 4.80. The van der Waals surface area contributed by atoms with Gasteiger partial charge < -0.3 is 20.9 Å². The molecule has 0 atom stereocenters. The van der Waals surface area contributed by atoms with Crippen LogP contribution < -0.4 is 20.9 Å². The maximum absolute atomic E-state index is 12.6. The molecular formula is C27H35N5O. The molecule has 1 fully saturated rings. The van der Waals surface area contributed by atoms with Crippen LogP contribution in [0.1, 0.15) is 43.7 Å². The van der Waals surface area contributed by atoms with Crippen molar-refractivity contribution in [1.29, 1.82) is 0 Å². The van der Waals surface area contributed by atoms with Crippen LogP contribution in [0.25, 0.3) is 10.9 Å². The molecule has 1 aliphatic carbocycles. The zero-order valence-corrected chi connectivity index (χ0v) is 20.1. The molecule has 3 aromatic rings. The molecule has 1 saturated carbocycles. The van der Waals surface area contributed by atoms with Crippen molar-refractivity contribution in [3.8, 4) is 0 Å². The van der Waals surface area contributed by atoms with Crippen LogP contribution in [0.5, 0.6) is 0 Å². The molecule has 174 valence electrons. The summed E-state index contributed by atoms with van der Waals surface area (Å²) < 4.78 is 0. The summed E-state index contributed by atoms with van der Waals surface area (Å²) in [5.74, 6) is 0.915. The van der Waals surface area contributed by atoms with E-state index in [0.29, 0.717) is 6.04 Å². The first-order valence-electron chi connectivity index (χ1n) is 11.9. The SMILES string of the molecule is CCc1cccc(C)c1NC(=O)N[C@H]1CC[C@@H](Nc2cc(N(C)C)c3ccccc3n2)CC1. The van der Waals surface area contributed by atoms with Gasteiger partial charge in [-0.3, -0.25) is 0 Å². The third-order valence-electron chi connectivity index (χ3n) is 6.57. The molecule has 33 heavy (non-hydrogen) atoms. The number of fused-ring (bicyclic) bond motifs is 1. The summed E-state index contributed by atoms with van der Waals surface area (Å²) in [5.41, 5.74) is 5.36. The van der Waals surface area contributed by atoms with E-state index in [0.717, 1.165) is 71.3 Å². The predicted octanol–water partition coefficient (Wildman–Crippen LogP) is 5.72. The highest BCUT2D eigenvalue weighted by atomic mass is 16.2. The van der Waals surface area contributed by atoms with E-state index in [1.54, 1.807) is 0 Å². The van der Waals surface area contributed by atoms with Crippen LogP contribution in [0, 0.1) is 6.92 Å². The normalized spacial score (nSPS) is 18.1. The maximum atomic E-state index is 12.6. The lowest BCUT2D eigenvalue weighted by molar-refractivity contribution is 0.243. The molecule has 2 aromatic carbocycles. The average Bonchev–Trinajstić information content (AvgIpc) is 2.81. The average molecular weight is 446 g/mol. The lowest BCUT2D eigenvalue weighted by Crippen LogP contribution is -2.42. The molecule has 0 saturated heterocycles. The number of hydrogen-bond donors (Lipinski definition) is 3. The summed E-state index contributed by atoms with van der Waals surface area (Å²) in [5, 5.41) is 11.1. The molecule has 4 rings (SSSR count). The highest BCUT2D eigenvalue weighted by molar-refractivity contribution is 5.93. The minimum Gasteiger partial charge on any atom is -0.377 e. The molecular weight excluding hydrogens is 410 g/mol. The van der Waals surface area contributed by atoms with Crippen LogP contribution in [0.3, 0.4) is 0 Å². The third-order valence-corrected chi connectivity index (χ3v) is 6.57. The standard InChI is InChI=1S/C27H35N5O/c1-5-19-10-8-9-18(2)26(19)31-27(33)29-21-15-13-20(14-16-21)28-25-17-24(32(3)4)22-11-6-7-12-23(22)30-25/h6-12,17,20-21H,5,13-16H2,1-4H3,(H,28,30)(H2,29,31,33)/t20-,21+. The Morgan fingerprint density at radius 3 is 2.48 bits per heavy atom. The quantitative estimate of drug-likeness (QED) is 0.454. The van der Waals surface area contributed by atoms with E-state index in [2.05, 4.69) is 72.2 Å². The van der Waals surface area contributed by atoms with Crippen LogP contribution in [0.15, 0.2) is 48.5 Å². The van der Waals surface area contributed by atoms with Crippen LogP contribution >= 0.6 is 0 Å². The van der Waals surface area contributed by atoms with E-state index in [1.807, 2.05) is 25.1 Å². The minimum atomic E-state index is -0.109. The number of nitrogens with one attached hydrogen (secondary N) is 3.